The summed E-state index contributed by atoms with van der Waals surface area (Å²) in [5.41, 5.74) is 0.698. The first-order valence-electron chi connectivity index (χ1n) is 4.38. The molecule has 13 heavy (non-hydrogen) atoms. The summed E-state index contributed by atoms with van der Waals surface area (Å²) in [4.78, 5) is 0. The van der Waals surface area contributed by atoms with Crippen molar-refractivity contribution >= 4 is 11.6 Å². The van der Waals surface area contributed by atoms with Gasteiger partial charge in [0.1, 0.15) is 11.6 Å². The summed E-state index contributed by atoms with van der Waals surface area (Å²) in [7, 11) is 0. The number of benzene rings is 1. The predicted molar refractivity (Wildman–Crippen MR) is 47.8 cm³/mol. The van der Waals surface area contributed by atoms with Crippen LogP contribution in [0.4, 0.5) is 4.39 Å². The van der Waals surface area contributed by atoms with Gasteiger partial charge in [0.25, 0.3) is 0 Å². The lowest BCUT2D eigenvalue weighted by molar-refractivity contribution is 0.276. The molecule has 0 aromatic heterocycles. The van der Waals surface area contributed by atoms with Gasteiger partial charge in [0.15, 0.2) is 0 Å². The van der Waals surface area contributed by atoms with Crippen LogP contribution in [-0.2, 0) is 0 Å². The van der Waals surface area contributed by atoms with Crippen LogP contribution < -0.4 is 4.74 Å². The first kappa shape index (κ1) is 7.63. The molecule has 0 radical (unpaired) electrons. The molecule has 3 rings (SSSR count). The van der Waals surface area contributed by atoms with Crippen LogP contribution in [0, 0.1) is 11.7 Å². The van der Waals surface area contributed by atoms with Crippen molar-refractivity contribution < 1.29 is 9.13 Å². The Hall–Kier alpha value is -0.760. The number of halogens is 2. The normalized spacial score (nSPS) is 28.8. The second-order valence-electron chi connectivity index (χ2n) is 3.69. The van der Waals surface area contributed by atoms with Gasteiger partial charge in [-0.25, -0.2) is 4.39 Å². The molecule has 0 amide bonds. The molecule has 1 heterocycles. The Kier molecular flexibility index (Phi) is 1.40. The molecule has 1 fully saturated rings. The highest BCUT2D eigenvalue weighted by atomic mass is 35.5. The maximum Gasteiger partial charge on any atom is 0.144 e. The minimum Gasteiger partial charge on any atom is -0.491 e. The van der Waals surface area contributed by atoms with E-state index in [1.54, 1.807) is 6.07 Å². The van der Waals surface area contributed by atoms with E-state index in [1.165, 1.54) is 6.07 Å². The monoisotopic (exact) mass is 198 g/mol. The molecule has 2 atom stereocenters. The van der Waals surface area contributed by atoms with E-state index in [9.17, 15) is 4.39 Å². The van der Waals surface area contributed by atoms with Gasteiger partial charge in [-0.2, -0.15) is 0 Å². The third-order valence-corrected chi connectivity index (χ3v) is 3.13. The van der Waals surface area contributed by atoms with Crippen molar-refractivity contribution in [3.8, 4) is 5.75 Å². The Morgan fingerprint density at radius 2 is 2.31 bits per heavy atom. The third kappa shape index (κ3) is 0.983. The smallest absolute Gasteiger partial charge is 0.144 e. The maximum absolute atomic E-state index is 13.4. The van der Waals surface area contributed by atoms with Crippen LogP contribution in [0.2, 0.25) is 5.02 Å². The average molecular weight is 199 g/mol. The van der Waals surface area contributed by atoms with Gasteiger partial charge < -0.3 is 4.74 Å². The highest BCUT2D eigenvalue weighted by molar-refractivity contribution is 6.32. The minimum atomic E-state index is -0.174. The number of hydrogen-bond donors (Lipinski definition) is 0. The van der Waals surface area contributed by atoms with Crippen molar-refractivity contribution in [3.05, 3.63) is 28.5 Å². The number of fused-ring (bicyclic) bond motifs is 3. The lowest BCUT2D eigenvalue weighted by Crippen LogP contribution is -2.10. The standard InChI is InChI=1S/C10H8ClFO/c11-7-1-2-8(12)9-6-3-5(6)4-13-10(7)9/h1-2,5-6H,3-4H2. The van der Waals surface area contributed by atoms with Crippen molar-refractivity contribution in [2.75, 3.05) is 6.61 Å². The van der Waals surface area contributed by atoms with Crippen molar-refractivity contribution in [1.82, 2.24) is 0 Å². The first-order valence-corrected chi connectivity index (χ1v) is 4.76. The van der Waals surface area contributed by atoms with E-state index in [0.717, 1.165) is 6.42 Å². The molecule has 0 spiro atoms. The molecule has 0 bridgehead atoms. The summed E-state index contributed by atoms with van der Waals surface area (Å²) in [6.07, 6.45) is 1.05. The van der Waals surface area contributed by atoms with E-state index in [4.69, 9.17) is 16.3 Å². The second-order valence-corrected chi connectivity index (χ2v) is 4.09. The fraction of sp³-hybridized carbons (Fsp3) is 0.400. The van der Waals surface area contributed by atoms with Gasteiger partial charge in [0.05, 0.1) is 11.6 Å². The van der Waals surface area contributed by atoms with Crippen LogP contribution in [0.1, 0.15) is 17.9 Å². The molecule has 1 aliphatic carbocycles. The van der Waals surface area contributed by atoms with E-state index >= 15 is 0 Å². The summed E-state index contributed by atoms with van der Waals surface area (Å²) < 4.78 is 18.8. The molecule has 68 valence electrons. The fourth-order valence-electron chi connectivity index (χ4n) is 2.02. The minimum absolute atomic E-state index is 0.174. The zero-order valence-corrected chi connectivity index (χ0v) is 7.64. The number of hydrogen-bond acceptors (Lipinski definition) is 1. The van der Waals surface area contributed by atoms with Gasteiger partial charge in [-0.1, -0.05) is 11.6 Å². The van der Waals surface area contributed by atoms with E-state index in [-0.39, 0.29) is 5.82 Å². The molecular weight excluding hydrogens is 191 g/mol. The van der Waals surface area contributed by atoms with Gasteiger partial charge in [0, 0.05) is 11.5 Å². The van der Waals surface area contributed by atoms with Gasteiger partial charge in [-0.15, -0.1) is 0 Å². The second kappa shape index (κ2) is 2.38. The molecule has 1 aromatic rings. The van der Waals surface area contributed by atoms with E-state index < -0.39 is 0 Å². The lowest BCUT2D eigenvalue weighted by Gasteiger charge is -2.18. The lowest BCUT2D eigenvalue weighted by atomic mass is 10.1. The van der Waals surface area contributed by atoms with Gasteiger partial charge in [0.2, 0.25) is 0 Å². The molecule has 1 aromatic carbocycles. The molecular formula is C10H8ClFO. The Morgan fingerprint density at radius 3 is 3.15 bits per heavy atom. The predicted octanol–water partition coefficient (Wildman–Crippen LogP) is 2.98. The largest absolute Gasteiger partial charge is 0.491 e. The molecule has 0 N–H and O–H groups in total. The molecule has 1 nitrogen and oxygen atoms in total. The van der Waals surface area contributed by atoms with Crippen molar-refractivity contribution in [2.24, 2.45) is 5.92 Å². The summed E-state index contributed by atoms with van der Waals surface area (Å²) >= 11 is 5.91. The van der Waals surface area contributed by atoms with Crippen LogP contribution in [0.3, 0.4) is 0 Å². The van der Waals surface area contributed by atoms with Crippen molar-refractivity contribution in [3.63, 3.8) is 0 Å². The average Bonchev–Trinajstić information content (AvgIpc) is 2.89. The van der Waals surface area contributed by atoms with Crippen molar-refractivity contribution in [1.29, 1.82) is 0 Å². The van der Waals surface area contributed by atoms with Crippen LogP contribution in [-0.4, -0.2) is 6.61 Å². The Bertz CT molecular complexity index is 377. The quantitative estimate of drug-likeness (QED) is 0.623. The highest BCUT2D eigenvalue weighted by Gasteiger charge is 2.46. The van der Waals surface area contributed by atoms with Gasteiger partial charge in [-0.05, 0) is 24.5 Å². The SMILES string of the molecule is Fc1ccc(Cl)c2c1C1CC1CO2. The zero-order chi connectivity index (χ0) is 9.00. The fourth-order valence-corrected chi connectivity index (χ4v) is 2.24. The summed E-state index contributed by atoms with van der Waals surface area (Å²) in [6, 6.07) is 2.98. The summed E-state index contributed by atoms with van der Waals surface area (Å²) in [5.74, 6) is 1.29. The molecule has 2 unspecified atom stereocenters. The summed E-state index contributed by atoms with van der Waals surface area (Å²) in [6.45, 7) is 0.695. The van der Waals surface area contributed by atoms with Crippen LogP contribution >= 0.6 is 11.6 Å². The Labute approximate surface area is 80.5 Å². The van der Waals surface area contributed by atoms with E-state index in [2.05, 4.69) is 0 Å². The number of rotatable bonds is 0. The molecule has 0 saturated heterocycles. The molecule has 3 heteroatoms. The Morgan fingerprint density at radius 1 is 1.46 bits per heavy atom. The Balaban J connectivity index is 2.22. The maximum atomic E-state index is 13.4. The van der Waals surface area contributed by atoms with Crippen LogP contribution in [0.25, 0.3) is 0 Å². The van der Waals surface area contributed by atoms with Crippen LogP contribution in [0.15, 0.2) is 12.1 Å². The van der Waals surface area contributed by atoms with Gasteiger partial charge >= 0.3 is 0 Å². The summed E-state index contributed by atoms with van der Waals surface area (Å²) in [5, 5.41) is 0.529. The first-order chi connectivity index (χ1) is 6.27. The van der Waals surface area contributed by atoms with E-state index in [1.807, 2.05) is 0 Å². The van der Waals surface area contributed by atoms with Gasteiger partial charge in [-0.3, -0.25) is 0 Å². The zero-order valence-electron chi connectivity index (χ0n) is 6.89. The molecule has 1 aliphatic heterocycles. The topological polar surface area (TPSA) is 9.23 Å². The third-order valence-electron chi connectivity index (χ3n) is 2.83. The van der Waals surface area contributed by atoms with Crippen LogP contribution in [0.5, 0.6) is 5.75 Å². The van der Waals surface area contributed by atoms with E-state index in [0.29, 0.717) is 34.8 Å². The number of ether oxygens (including phenoxy) is 1. The highest BCUT2D eigenvalue weighted by Crippen LogP contribution is 2.55. The molecule has 2 aliphatic rings. The van der Waals surface area contributed by atoms with Crippen molar-refractivity contribution in [2.45, 2.75) is 12.3 Å². The molecule has 1 saturated carbocycles.